The Morgan fingerprint density at radius 2 is 2.21 bits per heavy atom. The number of ether oxygens (including phenoxy) is 1. The molecule has 0 aliphatic carbocycles. The Kier molecular flexibility index (Phi) is 2.18. The summed E-state index contributed by atoms with van der Waals surface area (Å²) in [6.45, 7) is 0. The maximum atomic E-state index is 13.1. The average molecular weight is 192 g/mol. The van der Waals surface area contributed by atoms with Crippen molar-refractivity contribution < 1.29 is 9.13 Å². The standard InChI is InChI=1S/C10H9FN2O/c1-14-9-5-7(4-8(11)6-9)10-2-3-12-13-10/h2-6H,1H3,(H,12,13). The van der Waals surface area contributed by atoms with Gasteiger partial charge in [-0.1, -0.05) is 0 Å². The number of benzene rings is 1. The number of nitrogens with one attached hydrogen (secondary N) is 1. The van der Waals surface area contributed by atoms with Gasteiger partial charge in [-0.2, -0.15) is 5.10 Å². The lowest BCUT2D eigenvalue weighted by Gasteiger charge is -2.02. The topological polar surface area (TPSA) is 37.9 Å². The van der Waals surface area contributed by atoms with Crippen LogP contribution < -0.4 is 4.74 Å². The van der Waals surface area contributed by atoms with Gasteiger partial charge in [-0.05, 0) is 18.2 Å². The molecule has 0 unspecified atom stereocenters. The highest BCUT2D eigenvalue weighted by molar-refractivity contribution is 5.60. The molecule has 1 aromatic carbocycles. The van der Waals surface area contributed by atoms with Gasteiger partial charge in [0.15, 0.2) is 0 Å². The van der Waals surface area contributed by atoms with E-state index in [4.69, 9.17) is 4.74 Å². The Labute approximate surface area is 80.5 Å². The minimum absolute atomic E-state index is 0.331. The van der Waals surface area contributed by atoms with Crippen molar-refractivity contribution >= 4 is 0 Å². The van der Waals surface area contributed by atoms with Gasteiger partial charge in [0.25, 0.3) is 0 Å². The predicted molar refractivity (Wildman–Crippen MR) is 50.5 cm³/mol. The van der Waals surface area contributed by atoms with Crippen LogP contribution in [0.15, 0.2) is 30.5 Å². The van der Waals surface area contributed by atoms with E-state index in [2.05, 4.69) is 10.2 Å². The molecule has 0 atom stereocenters. The fourth-order valence-electron chi connectivity index (χ4n) is 1.25. The van der Waals surface area contributed by atoms with E-state index in [9.17, 15) is 4.39 Å². The van der Waals surface area contributed by atoms with Crippen molar-refractivity contribution in [2.24, 2.45) is 0 Å². The lowest BCUT2D eigenvalue weighted by Crippen LogP contribution is -1.87. The number of rotatable bonds is 2. The van der Waals surface area contributed by atoms with E-state index in [0.717, 1.165) is 0 Å². The zero-order valence-corrected chi connectivity index (χ0v) is 7.62. The Bertz CT molecular complexity index is 426. The summed E-state index contributed by atoms with van der Waals surface area (Å²) < 4.78 is 18.0. The number of hydrogen-bond donors (Lipinski definition) is 1. The molecule has 1 aromatic heterocycles. The number of H-pyrrole nitrogens is 1. The Morgan fingerprint density at radius 3 is 2.86 bits per heavy atom. The Balaban J connectivity index is 2.48. The number of halogens is 1. The van der Waals surface area contributed by atoms with Gasteiger partial charge in [-0.3, -0.25) is 5.10 Å². The van der Waals surface area contributed by atoms with Crippen LogP contribution in [-0.4, -0.2) is 17.3 Å². The van der Waals surface area contributed by atoms with Crippen molar-refractivity contribution in [3.63, 3.8) is 0 Å². The van der Waals surface area contributed by atoms with Crippen LogP contribution in [0.1, 0.15) is 0 Å². The zero-order chi connectivity index (χ0) is 9.97. The first-order chi connectivity index (χ1) is 6.79. The first-order valence-electron chi connectivity index (χ1n) is 4.14. The van der Waals surface area contributed by atoms with Gasteiger partial charge in [0, 0.05) is 17.8 Å². The van der Waals surface area contributed by atoms with E-state index in [1.54, 1.807) is 18.3 Å². The molecule has 72 valence electrons. The van der Waals surface area contributed by atoms with E-state index in [-0.39, 0.29) is 5.82 Å². The molecule has 0 aliphatic rings. The highest BCUT2D eigenvalue weighted by atomic mass is 19.1. The van der Waals surface area contributed by atoms with Crippen molar-refractivity contribution in [1.82, 2.24) is 10.2 Å². The normalized spacial score (nSPS) is 10.1. The van der Waals surface area contributed by atoms with Crippen LogP contribution in [0.25, 0.3) is 11.3 Å². The van der Waals surface area contributed by atoms with Gasteiger partial charge in [0.2, 0.25) is 0 Å². The smallest absolute Gasteiger partial charge is 0.127 e. The van der Waals surface area contributed by atoms with Crippen LogP contribution in [0.2, 0.25) is 0 Å². The van der Waals surface area contributed by atoms with Crippen molar-refractivity contribution in [3.05, 3.63) is 36.3 Å². The van der Waals surface area contributed by atoms with Crippen LogP contribution in [0.5, 0.6) is 5.75 Å². The second-order valence-corrected chi connectivity index (χ2v) is 2.84. The second-order valence-electron chi connectivity index (χ2n) is 2.84. The van der Waals surface area contributed by atoms with Crippen LogP contribution in [-0.2, 0) is 0 Å². The summed E-state index contributed by atoms with van der Waals surface area (Å²) in [5.74, 6) is 0.158. The summed E-state index contributed by atoms with van der Waals surface area (Å²) in [7, 11) is 1.50. The van der Waals surface area contributed by atoms with Gasteiger partial charge in [-0.25, -0.2) is 4.39 Å². The number of nitrogens with zero attached hydrogens (tertiary/aromatic N) is 1. The largest absolute Gasteiger partial charge is 0.497 e. The SMILES string of the molecule is COc1cc(F)cc(-c2cc[nH]n2)c1. The molecular formula is C10H9FN2O. The lowest BCUT2D eigenvalue weighted by molar-refractivity contribution is 0.411. The van der Waals surface area contributed by atoms with E-state index >= 15 is 0 Å². The highest BCUT2D eigenvalue weighted by Gasteiger charge is 2.04. The first-order valence-corrected chi connectivity index (χ1v) is 4.14. The molecule has 3 nitrogen and oxygen atoms in total. The lowest BCUT2D eigenvalue weighted by atomic mass is 10.1. The van der Waals surface area contributed by atoms with Crippen molar-refractivity contribution in [2.45, 2.75) is 0 Å². The minimum Gasteiger partial charge on any atom is -0.497 e. The van der Waals surface area contributed by atoms with Gasteiger partial charge < -0.3 is 4.74 Å². The third-order valence-electron chi connectivity index (χ3n) is 1.90. The molecule has 0 fully saturated rings. The van der Waals surface area contributed by atoms with Crippen molar-refractivity contribution in [3.8, 4) is 17.0 Å². The maximum absolute atomic E-state index is 13.1. The molecule has 2 aromatic rings. The summed E-state index contributed by atoms with van der Waals surface area (Å²) in [6.07, 6.45) is 1.69. The third kappa shape index (κ3) is 1.59. The maximum Gasteiger partial charge on any atom is 0.127 e. The van der Waals surface area contributed by atoms with Crippen molar-refractivity contribution in [2.75, 3.05) is 7.11 Å². The van der Waals surface area contributed by atoms with E-state index in [1.807, 2.05) is 0 Å². The molecule has 4 heteroatoms. The van der Waals surface area contributed by atoms with Crippen LogP contribution >= 0.6 is 0 Å². The molecule has 0 spiro atoms. The van der Waals surface area contributed by atoms with Gasteiger partial charge in [0.1, 0.15) is 11.6 Å². The van der Waals surface area contributed by atoms with E-state index in [0.29, 0.717) is 17.0 Å². The van der Waals surface area contributed by atoms with Gasteiger partial charge >= 0.3 is 0 Å². The van der Waals surface area contributed by atoms with Gasteiger partial charge in [0.05, 0.1) is 12.8 Å². The third-order valence-corrected chi connectivity index (χ3v) is 1.90. The summed E-state index contributed by atoms with van der Waals surface area (Å²) in [5.41, 5.74) is 1.39. The molecule has 0 saturated heterocycles. The fraction of sp³-hybridized carbons (Fsp3) is 0.100. The molecule has 2 rings (SSSR count). The molecule has 0 bridgehead atoms. The number of aromatic nitrogens is 2. The molecule has 0 saturated carbocycles. The molecule has 14 heavy (non-hydrogen) atoms. The molecular weight excluding hydrogens is 183 g/mol. The number of aromatic amines is 1. The summed E-state index contributed by atoms with van der Waals surface area (Å²) in [6, 6.07) is 6.25. The minimum atomic E-state index is -0.331. The fourth-order valence-corrected chi connectivity index (χ4v) is 1.25. The molecule has 1 heterocycles. The molecule has 0 radical (unpaired) electrons. The molecule has 1 N–H and O–H groups in total. The zero-order valence-electron chi connectivity index (χ0n) is 7.62. The summed E-state index contributed by atoms with van der Waals surface area (Å²) in [4.78, 5) is 0. The Hall–Kier alpha value is -1.84. The molecule has 0 amide bonds. The number of methoxy groups -OCH3 is 1. The van der Waals surface area contributed by atoms with E-state index < -0.39 is 0 Å². The number of hydrogen-bond acceptors (Lipinski definition) is 2. The van der Waals surface area contributed by atoms with Crippen LogP contribution in [0.4, 0.5) is 4.39 Å². The molecule has 0 aliphatic heterocycles. The monoisotopic (exact) mass is 192 g/mol. The van der Waals surface area contributed by atoms with Crippen molar-refractivity contribution in [1.29, 1.82) is 0 Å². The summed E-state index contributed by atoms with van der Waals surface area (Å²) in [5, 5.41) is 6.63. The second kappa shape index (κ2) is 3.49. The van der Waals surface area contributed by atoms with Crippen LogP contribution in [0, 0.1) is 5.82 Å². The summed E-state index contributed by atoms with van der Waals surface area (Å²) >= 11 is 0. The van der Waals surface area contributed by atoms with Crippen LogP contribution in [0.3, 0.4) is 0 Å². The predicted octanol–water partition coefficient (Wildman–Crippen LogP) is 2.22. The van der Waals surface area contributed by atoms with Gasteiger partial charge in [-0.15, -0.1) is 0 Å². The highest BCUT2D eigenvalue weighted by Crippen LogP contribution is 2.23. The quantitative estimate of drug-likeness (QED) is 0.792. The Morgan fingerprint density at radius 1 is 1.36 bits per heavy atom. The first kappa shape index (κ1) is 8.74. The van der Waals surface area contributed by atoms with E-state index in [1.165, 1.54) is 19.2 Å². The average Bonchev–Trinajstić information content (AvgIpc) is 2.69.